The number of H-pyrrole nitrogens is 1. The predicted octanol–water partition coefficient (Wildman–Crippen LogP) is 6.46. The zero-order valence-corrected chi connectivity index (χ0v) is 29.9. The van der Waals surface area contributed by atoms with E-state index in [1.807, 2.05) is 72.8 Å². The lowest BCUT2D eigenvalue weighted by Gasteiger charge is -2.35. The number of fused-ring (bicyclic) bond motifs is 1. The Labute approximate surface area is 308 Å². The average molecular weight is 718 g/mol. The fraction of sp³-hybridized carbons (Fsp3) is 0.310. The van der Waals surface area contributed by atoms with E-state index in [-0.39, 0.29) is 41.4 Å². The SMILES string of the molecule is CN(C(=O)CCCc1ccc(-c2ccccc2)c(N(C(=O)O)C2CCC(N)CC2)c1)c1ccc(CNC[C@H](O)c2ccc(O)c3[nH]c(=O)ccc23)cc1. The van der Waals surface area contributed by atoms with Crippen molar-refractivity contribution in [3.8, 4) is 16.9 Å². The number of carbonyl (C=O) groups excluding carboxylic acids is 1. The van der Waals surface area contributed by atoms with E-state index in [0.717, 1.165) is 53.6 Å². The lowest BCUT2D eigenvalue weighted by molar-refractivity contribution is -0.118. The van der Waals surface area contributed by atoms with E-state index in [0.29, 0.717) is 42.4 Å². The number of hydrogen-bond acceptors (Lipinski definition) is 7. The summed E-state index contributed by atoms with van der Waals surface area (Å²) in [7, 11) is 1.76. The standard InChI is InChI=1S/C42H47N5O6/c1-46(31-15-10-28(11-16-31)25-44-26-38(49)34-20-22-37(48)41-35(34)21-23-39(50)45-41)40(51)9-5-6-27-12-19-33(29-7-3-2-4-8-29)36(24-27)47(42(52)53)32-17-13-30(43)14-18-32/h2-4,7-8,10-12,15-16,19-24,30,32,38,44,48-49H,5-6,9,13-14,17-18,25-26,43H2,1H3,(H,45,50)(H,52,53)/t30?,32?,38-/m0/s1. The molecule has 1 aliphatic rings. The van der Waals surface area contributed by atoms with Crippen LogP contribution in [-0.2, 0) is 17.8 Å². The van der Waals surface area contributed by atoms with Crippen LogP contribution in [0.1, 0.15) is 61.3 Å². The van der Waals surface area contributed by atoms with Gasteiger partial charge >= 0.3 is 6.09 Å². The number of anilines is 2. The number of amides is 2. The Morgan fingerprint density at radius 2 is 1.64 bits per heavy atom. The first-order valence-electron chi connectivity index (χ1n) is 18.1. The molecule has 1 heterocycles. The fourth-order valence-corrected chi connectivity index (χ4v) is 7.22. The number of benzene rings is 4. The molecule has 1 aliphatic carbocycles. The first kappa shape index (κ1) is 37.3. The molecule has 53 heavy (non-hydrogen) atoms. The minimum absolute atomic E-state index is 0.0201. The van der Waals surface area contributed by atoms with Crippen molar-refractivity contribution >= 4 is 34.3 Å². The number of aromatic nitrogens is 1. The van der Waals surface area contributed by atoms with Crippen LogP contribution in [0.3, 0.4) is 0 Å². The van der Waals surface area contributed by atoms with E-state index in [2.05, 4.69) is 10.3 Å². The molecule has 7 N–H and O–H groups in total. The second kappa shape index (κ2) is 16.9. The highest BCUT2D eigenvalue weighted by Crippen LogP contribution is 2.36. The fourth-order valence-electron chi connectivity index (χ4n) is 7.22. The summed E-state index contributed by atoms with van der Waals surface area (Å²) in [6.07, 6.45) is 2.74. The van der Waals surface area contributed by atoms with Crippen LogP contribution in [0.5, 0.6) is 5.75 Å². The van der Waals surface area contributed by atoms with Gasteiger partial charge in [0.05, 0.1) is 17.3 Å². The van der Waals surface area contributed by atoms with Crippen molar-refractivity contribution in [2.24, 2.45) is 5.73 Å². The van der Waals surface area contributed by atoms with Gasteiger partial charge in [-0.1, -0.05) is 60.7 Å². The summed E-state index contributed by atoms with van der Waals surface area (Å²) in [5, 5.41) is 35.2. The molecule has 0 aliphatic heterocycles. The number of aryl methyl sites for hydroxylation is 1. The van der Waals surface area contributed by atoms with E-state index in [1.165, 1.54) is 17.0 Å². The molecule has 11 heteroatoms. The molecule has 1 fully saturated rings. The zero-order chi connectivity index (χ0) is 37.5. The number of nitrogens with zero attached hydrogens (tertiary/aromatic N) is 2. The summed E-state index contributed by atoms with van der Waals surface area (Å²) in [4.78, 5) is 43.4. The molecule has 276 valence electrons. The van der Waals surface area contributed by atoms with Crippen molar-refractivity contribution < 1.29 is 24.9 Å². The Bertz CT molecular complexity index is 2090. The molecular formula is C42H47N5O6. The van der Waals surface area contributed by atoms with E-state index < -0.39 is 12.2 Å². The minimum atomic E-state index is -0.974. The lowest BCUT2D eigenvalue weighted by Crippen LogP contribution is -2.44. The van der Waals surface area contributed by atoms with Gasteiger partial charge in [-0.15, -0.1) is 0 Å². The number of nitrogens with two attached hydrogens (primary N) is 1. The van der Waals surface area contributed by atoms with Gasteiger partial charge in [0.25, 0.3) is 0 Å². The van der Waals surface area contributed by atoms with Gasteiger partial charge in [-0.3, -0.25) is 14.5 Å². The Morgan fingerprint density at radius 3 is 2.36 bits per heavy atom. The van der Waals surface area contributed by atoms with Crippen LogP contribution in [0, 0.1) is 0 Å². The second-order valence-electron chi connectivity index (χ2n) is 13.8. The summed E-state index contributed by atoms with van der Waals surface area (Å²) in [5.41, 5.74) is 11.9. The number of aromatic amines is 1. The molecule has 6 rings (SSSR count). The van der Waals surface area contributed by atoms with Gasteiger partial charge in [-0.25, -0.2) is 4.79 Å². The molecule has 0 saturated heterocycles. The average Bonchev–Trinajstić information content (AvgIpc) is 3.16. The number of aromatic hydroxyl groups is 1. The number of pyridine rings is 1. The summed E-state index contributed by atoms with van der Waals surface area (Å²) in [6.45, 7) is 0.736. The lowest BCUT2D eigenvalue weighted by atomic mass is 9.89. The van der Waals surface area contributed by atoms with Gasteiger partial charge in [0.15, 0.2) is 0 Å². The highest BCUT2D eigenvalue weighted by Gasteiger charge is 2.31. The van der Waals surface area contributed by atoms with Crippen molar-refractivity contribution in [3.63, 3.8) is 0 Å². The van der Waals surface area contributed by atoms with Crippen molar-refractivity contribution in [3.05, 3.63) is 124 Å². The molecule has 11 nitrogen and oxygen atoms in total. The molecule has 1 saturated carbocycles. The number of nitrogens with one attached hydrogen (secondary N) is 2. The third-order valence-corrected chi connectivity index (χ3v) is 10.2. The van der Waals surface area contributed by atoms with Crippen molar-refractivity contribution in [1.29, 1.82) is 0 Å². The first-order valence-corrected chi connectivity index (χ1v) is 18.1. The quantitative estimate of drug-likeness (QED) is 0.0805. The Kier molecular flexibility index (Phi) is 11.9. The number of aliphatic hydroxyl groups is 1. The van der Waals surface area contributed by atoms with Crippen molar-refractivity contribution in [2.75, 3.05) is 23.4 Å². The maximum atomic E-state index is 13.2. The van der Waals surface area contributed by atoms with Crippen molar-refractivity contribution in [1.82, 2.24) is 10.3 Å². The number of aliphatic hydroxyl groups excluding tert-OH is 1. The predicted molar refractivity (Wildman–Crippen MR) is 208 cm³/mol. The molecule has 4 aromatic carbocycles. The number of hydrogen-bond donors (Lipinski definition) is 6. The van der Waals surface area contributed by atoms with E-state index in [1.54, 1.807) is 24.1 Å². The molecule has 0 unspecified atom stereocenters. The third-order valence-electron chi connectivity index (χ3n) is 10.2. The topological polar surface area (TPSA) is 172 Å². The van der Waals surface area contributed by atoms with Crippen molar-refractivity contribution in [2.45, 2.75) is 69.7 Å². The maximum absolute atomic E-state index is 13.2. The molecule has 0 bridgehead atoms. The molecular weight excluding hydrogens is 670 g/mol. The van der Waals surface area contributed by atoms with Crippen LogP contribution in [0.25, 0.3) is 22.0 Å². The van der Waals surface area contributed by atoms with Crippen LogP contribution in [0.15, 0.2) is 102 Å². The summed E-state index contributed by atoms with van der Waals surface area (Å²) < 4.78 is 0. The molecule has 5 aromatic rings. The maximum Gasteiger partial charge on any atom is 0.412 e. The highest BCUT2D eigenvalue weighted by atomic mass is 16.4. The van der Waals surface area contributed by atoms with Crippen LogP contribution >= 0.6 is 0 Å². The van der Waals surface area contributed by atoms with Gasteiger partial charge in [0.2, 0.25) is 11.5 Å². The zero-order valence-electron chi connectivity index (χ0n) is 29.9. The van der Waals surface area contributed by atoms with E-state index in [9.17, 15) is 29.7 Å². The molecule has 0 spiro atoms. The molecule has 0 radical (unpaired) electrons. The monoisotopic (exact) mass is 717 g/mol. The smallest absolute Gasteiger partial charge is 0.412 e. The highest BCUT2D eigenvalue weighted by molar-refractivity contribution is 5.94. The summed E-state index contributed by atoms with van der Waals surface area (Å²) >= 11 is 0. The largest absolute Gasteiger partial charge is 0.506 e. The first-order chi connectivity index (χ1) is 25.6. The second-order valence-corrected chi connectivity index (χ2v) is 13.8. The number of rotatable bonds is 13. The Balaban J connectivity index is 1.04. The van der Waals surface area contributed by atoms with Crippen LogP contribution in [0.4, 0.5) is 16.2 Å². The van der Waals surface area contributed by atoms with Gasteiger partial charge in [0.1, 0.15) is 5.75 Å². The van der Waals surface area contributed by atoms with Crippen LogP contribution in [0.2, 0.25) is 0 Å². The van der Waals surface area contributed by atoms with E-state index in [4.69, 9.17) is 5.73 Å². The molecule has 1 atom stereocenters. The third kappa shape index (κ3) is 8.94. The van der Waals surface area contributed by atoms with E-state index >= 15 is 0 Å². The normalized spacial score (nSPS) is 16.3. The Hall–Kier alpha value is -5.49. The number of carboxylic acid groups (broad SMARTS) is 1. The van der Waals surface area contributed by atoms with Gasteiger partial charge < -0.3 is 36.3 Å². The van der Waals surface area contributed by atoms with Gasteiger partial charge in [-0.05, 0) is 91.1 Å². The summed E-state index contributed by atoms with van der Waals surface area (Å²) in [5.74, 6) is -0.0773. The summed E-state index contributed by atoms with van der Waals surface area (Å²) in [6, 6.07) is 29.5. The molecule has 1 aromatic heterocycles. The molecule has 2 amide bonds. The van der Waals surface area contributed by atoms with Crippen LogP contribution in [-0.4, -0.2) is 58.0 Å². The van der Waals surface area contributed by atoms with Crippen LogP contribution < -0.4 is 26.4 Å². The number of phenols is 1. The number of carbonyl (C=O) groups is 2. The van der Waals surface area contributed by atoms with Gasteiger partial charge in [0, 0.05) is 61.3 Å². The Morgan fingerprint density at radius 1 is 0.925 bits per heavy atom. The minimum Gasteiger partial charge on any atom is -0.506 e. The number of phenolic OH excluding ortho intramolecular Hbond substituents is 1. The van der Waals surface area contributed by atoms with Gasteiger partial charge in [-0.2, -0.15) is 0 Å².